The van der Waals surface area contributed by atoms with Gasteiger partial charge in [0.1, 0.15) is 17.7 Å². The van der Waals surface area contributed by atoms with Crippen molar-refractivity contribution in [1.29, 1.82) is 0 Å². The van der Waals surface area contributed by atoms with E-state index in [-0.39, 0.29) is 23.4 Å². The lowest BCUT2D eigenvalue weighted by atomic mass is 10.2. The number of furan rings is 1. The highest BCUT2D eigenvalue weighted by molar-refractivity contribution is 7.89. The molecule has 0 saturated heterocycles. The molecular weight excluding hydrogens is 297 g/mol. The van der Waals surface area contributed by atoms with Crippen LogP contribution in [0, 0.1) is 12.7 Å². The van der Waals surface area contributed by atoms with Crippen LogP contribution in [0.5, 0.6) is 0 Å². The Hall–Kier alpha value is -1.70. The van der Waals surface area contributed by atoms with Crippen LogP contribution in [0.15, 0.2) is 45.9 Å². The molecule has 0 aliphatic carbocycles. The van der Waals surface area contributed by atoms with Gasteiger partial charge in [0.25, 0.3) is 0 Å². The summed E-state index contributed by atoms with van der Waals surface area (Å²) in [6, 6.07) is 6.84. The predicted molar refractivity (Wildman–Crippen MR) is 74.6 cm³/mol. The Kier molecular flexibility index (Phi) is 4.76. The van der Waals surface area contributed by atoms with Crippen LogP contribution in [0.1, 0.15) is 23.8 Å². The van der Waals surface area contributed by atoms with E-state index >= 15 is 0 Å². The molecule has 114 valence electrons. The zero-order valence-electron chi connectivity index (χ0n) is 11.4. The first-order valence-electron chi connectivity index (χ1n) is 6.37. The summed E-state index contributed by atoms with van der Waals surface area (Å²) >= 11 is 0. The lowest BCUT2D eigenvalue weighted by Crippen LogP contribution is -2.26. The predicted octanol–water partition coefficient (Wildman–Crippen LogP) is 2.13. The zero-order chi connectivity index (χ0) is 15.5. The van der Waals surface area contributed by atoms with Gasteiger partial charge in [0.15, 0.2) is 0 Å². The molecule has 0 radical (unpaired) electrons. The summed E-state index contributed by atoms with van der Waals surface area (Å²) < 4.78 is 44.6. The van der Waals surface area contributed by atoms with Gasteiger partial charge in [-0.05, 0) is 49.2 Å². The molecule has 2 N–H and O–H groups in total. The SMILES string of the molecule is Cc1cc(S(=O)(=O)NCCC(O)c2ccco2)ccc1F. The van der Waals surface area contributed by atoms with Gasteiger partial charge in [-0.1, -0.05) is 0 Å². The molecule has 0 aliphatic rings. The molecule has 0 spiro atoms. The molecule has 2 rings (SSSR count). The Labute approximate surface area is 122 Å². The molecule has 0 bridgehead atoms. The lowest BCUT2D eigenvalue weighted by molar-refractivity contribution is 0.142. The van der Waals surface area contributed by atoms with Crippen molar-refractivity contribution in [3.05, 3.63) is 53.7 Å². The van der Waals surface area contributed by atoms with Crippen LogP contribution in [0.4, 0.5) is 4.39 Å². The molecule has 1 heterocycles. The average molecular weight is 313 g/mol. The van der Waals surface area contributed by atoms with Gasteiger partial charge >= 0.3 is 0 Å². The summed E-state index contributed by atoms with van der Waals surface area (Å²) in [5.41, 5.74) is 0.258. The third-order valence-corrected chi connectivity index (χ3v) is 4.48. The van der Waals surface area contributed by atoms with E-state index in [4.69, 9.17) is 4.42 Å². The van der Waals surface area contributed by atoms with Gasteiger partial charge in [-0.25, -0.2) is 17.5 Å². The normalized spacial score (nSPS) is 13.3. The maximum absolute atomic E-state index is 13.1. The summed E-state index contributed by atoms with van der Waals surface area (Å²) in [7, 11) is -3.72. The van der Waals surface area contributed by atoms with E-state index in [1.54, 1.807) is 12.1 Å². The molecule has 5 nitrogen and oxygen atoms in total. The number of aliphatic hydroxyl groups is 1. The summed E-state index contributed by atoms with van der Waals surface area (Å²) in [5.74, 6) is -0.0750. The van der Waals surface area contributed by atoms with E-state index < -0.39 is 21.9 Å². The van der Waals surface area contributed by atoms with E-state index in [1.807, 2.05) is 0 Å². The maximum atomic E-state index is 13.1. The zero-order valence-corrected chi connectivity index (χ0v) is 12.2. The summed E-state index contributed by atoms with van der Waals surface area (Å²) in [5, 5.41) is 9.78. The molecule has 1 aromatic heterocycles. The molecular formula is C14H16FNO4S. The van der Waals surface area contributed by atoms with Crippen molar-refractivity contribution in [2.45, 2.75) is 24.3 Å². The number of hydrogen-bond acceptors (Lipinski definition) is 4. The van der Waals surface area contributed by atoms with Gasteiger partial charge in [-0.2, -0.15) is 0 Å². The quantitative estimate of drug-likeness (QED) is 0.856. The van der Waals surface area contributed by atoms with Crippen LogP contribution >= 0.6 is 0 Å². The van der Waals surface area contributed by atoms with E-state index in [2.05, 4.69) is 4.72 Å². The largest absolute Gasteiger partial charge is 0.467 e. The first-order chi connectivity index (χ1) is 9.90. The van der Waals surface area contributed by atoms with E-state index in [1.165, 1.54) is 25.3 Å². The Morgan fingerprint density at radius 1 is 1.38 bits per heavy atom. The van der Waals surface area contributed by atoms with Crippen molar-refractivity contribution in [3.63, 3.8) is 0 Å². The molecule has 0 fully saturated rings. The number of sulfonamides is 1. The molecule has 0 saturated carbocycles. The van der Waals surface area contributed by atoms with E-state index in [9.17, 15) is 17.9 Å². The minimum atomic E-state index is -3.72. The Balaban J connectivity index is 1.96. The van der Waals surface area contributed by atoms with Crippen LogP contribution in [0.25, 0.3) is 0 Å². The van der Waals surface area contributed by atoms with Crippen molar-refractivity contribution in [3.8, 4) is 0 Å². The number of aliphatic hydroxyl groups excluding tert-OH is 1. The highest BCUT2D eigenvalue weighted by atomic mass is 32.2. The van der Waals surface area contributed by atoms with Crippen LogP contribution in [-0.4, -0.2) is 20.1 Å². The minimum Gasteiger partial charge on any atom is -0.467 e. The Morgan fingerprint density at radius 2 is 2.14 bits per heavy atom. The van der Waals surface area contributed by atoms with Gasteiger partial charge < -0.3 is 9.52 Å². The van der Waals surface area contributed by atoms with E-state index in [0.717, 1.165) is 6.07 Å². The first-order valence-corrected chi connectivity index (χ1v) is 7.86. The number of benzene rings is 1. The van der Waals surface area contributed by atoms with Crippen LogP contribution in [-0.2, 0) is 10.0 Å². The van der Waals surface area contributed by atoms with Crippen molar-refractivity contribution in [1.82, 2.24) is 4.72 Å². The second-order valence-corrected chi connectivity index (χ2v) is 6.40. The van der Waals surface area contributed by atoms with Crippen molar-refractivity contribution >= 4 is 10.0 Å². The molecule has 2 aromatic rings. The smallest absolute Gasteiger partial charge is 0.240 e. The van der Waals surface area contributed by atoms with Gasteiger partial charge in [-0.3, -0.25) is 0 Å². The third kappa shape index (κ3) is 3.90. The summed E-state index contributed by atoms with van der Waals surface area (Å²) in [6.45, 7) is 1.54. The number of nitrogens with one attached hydrogen (secondary N) is 1. The lowest BCUT2D eigenvalue weighted by Gasteiger charge is -2.10. The standard InChI is InChI=1S/C14H16FNO4S/c1-10-9-11(4-5-12(10)15)21(18,19)16-7-6-13(17)14-3-2-8-20-14/h2-5,8-9,13,16-17H,6-7H2,1H3. The second-order valence-electron chi connectivity index (χ2n) is 4.63. The van der Waals surface area contributed by atoms with Gasteiger partial charge in [0.2, 0.25) is 10.0 Å². The van der Waals surface area contributed by atoms with Gasteiger partial charge in [-0.15, -0.1) is 0 Å². The number of hydrogen-bond donors (Lipinski definition) is 2. The monoisotopic (exact) mass is 313 g/mol. The minimum absolute atomic E-state index is 0.00566. The van der Waals surface area contributed by atoms with Crippen molar-refractivity contribution in [2.24, 2.45) is 0 Å². The number of aryl methyl sites for hydroxylation is 1. The number of halogens is 1. The molecule has 1 atom stereocenters. The van der Waals surface area contributed by atoms with Crippen LogP contribution in [0.2, 0.25) is 0 Å². The highest BCUT2D eigenvalue weighted by Gasteiger charge is 2.16. The van der Waals surface area contributed by atoms with E-state index in [0.29, 0.717) is 5.76 Å². The fourth-order valence-corrected chi connectivity index (χ4v) is 2.95. The van der Waals surface area contributed by atoms with Crippen LogP contribution in [0.3, 0.4) is 0 Å². The van der Waals surface area contributed by atoms with Gasteiger partial charge in [0, 0.05) is 6.54 Å². The number of rotatable bonds is 6. The second kappa shape index (κ2) is 6.38. The third-order valence-electron chi connectivity index (χ3n) is 3.02. The molecule has 21 heavy (non-hydrogen) atoms. The molecule has 0 aliphatic heterocycles. The molecule has 0 amide bonds. The fourth-order valence-electron chi connectivity index (χ4n) is 1.82. The van der Waals surface area contributed by atoms with Crippen LogP contribution < -0.4 is 4.72 Å². The highest BCUT2D eigenvalue weighted by Crippen LogP contribution is 2.17. The van der Waals surface area contributed by atoms with Gasteiger partial charge in [0.05, 0.1) is 11.2 Å². The first kappa shape index (κ1) is 15.7. The fraction of sp³-hybridized carbons (Fsp3) is 0.286. The Bertz CT molecular complexity index is 698. The molecule has 1 unspecified atom stereocenters. The molecule has 7 heteroatoms. The molecule has 1 aromatic carbocycles. The van der Waals surface area contributed by atoms with Crippen molar-refractivity contribution in [2.75, 3.05) is 6.54 Å². The maximum Gasteiger partial charge on any atom is 0.240 e. The average Bonchev–Trinajstić information content (AvgIpc) is 2.95. The Morgan fingerprint density at radius 3 is 2.76 bits per heavy atom. The topological polar surface area (TPSA) is 79.5 Å². The van der Waals surface area contributed by atoms with Crippen molar-refractivity contribution < 1.29 is 22.3 Å². The summed E-state index contributed by atoms with van der Waals surface area (Å²) in [4.78, 5) is -0.00566. The summed E-state index contributed by atoms with van der Waals surface area (Å²) in [6.07, 6.45) is 0.731.